The van der Waals surface area contributed by atoms with Gasteiger partial charge < -0.3 is 14.5 Å². The number of likely N-dealkylation sites (N-methyl/N-ethyl adjacent to an activating group) is 1. The van der Waals surface area contributed by atoms with Crippen molar-refractivity contribution >= 4 is 17.4 Å². The van der Waals surface area contributed by atoms with Crippen LogP contribution in [0, 0.1) is 5.41 Å². The number of benzene rings is 1. The van der Waals surface area contributed by atoms with Crippen molar-refractivity contribution in [3.05, 3.63) is 34.6 Å². The Morgan fingerprint density at radius 3 is 2.48 bits per heavy atom. The zero-order valence-electron chi connectivity index (χ0n) is 13.2. The Morgan fingerprint density at radius 1 is 1.22 bits per heavy atom. The van der Waals surface area contributed by atoms with Gasteiger partial charge in [-0.1, -0.05) is 0 Å². The molecule has 1 aromatic carbocycles. The molecule has 0 bridgehead atoms. The number of hydrogen-bond donors (Lipinski definition) is 1. The number of amides is 1. The van der Waals surface area contributed by atoms with Crippen LogP contribution >= 0.6 is 11.5 Å². The van der Waals surface area contributed by atoms with Crippen LogP contribution in [0.2, 0.25) is 0 Å². The fourth-order valence-electron chi connectivity index (χ4n) is 2.41. The third-order valence-corrected chi connectivity index (χ3v) is 4.71. The highest BCUT2D eigenvalue weighted by atomic mass is 32.1. The van der Waals surface area contributed by atoms with E-state index in [0.29, 0.717) is 13.1 Å². The quantitative estimate of drug-likeness (QED) is 0.902. The van der Waals surface area contributed by atoms with Gasteiger partial charge in [-0.2, -0.15) is 4.07 Å². The van der Waals surface area contributed by atoms with Crippen LogP contribution in [0.15, 0.2) is 24.3 Å². The van der Waals surface area contributed by atoms with E-state index in [4.69, 9.17) is 10.1 Å². The van der Waals surface area contributed by atoms with E-state index in [1.807, 2.05) is 31.3 Å². The minimum Gasteiger partial charge on any atom is -0.497 e. The smallest absolute Gasteiger partial charge is 0.277 e. The molecule has 1 saturated heterocycles. The molecule has 0 saturated carbocycles. The molecule has 1 aliphatic rings. The number of piperazine rings is 1. The van der Waals surface area contributed by atoms with Gasteiger partial charge in [0.1, 0.15) is 5.75 Å². The number of carbonyl (C=O) groups excluding carboxylic acids is 1. The van der Waals surface area contributed by atoms with Crippen molar-refractivity contribution in [2.24, 2.45) is 0 Å². The number of hydrogen-bond acceptors (Lipinski definition) is 6. The molecule has 0 spiro atoms. The molecule has 8 heteroatoms. The second-order valence-electron chi connectivity index (χ2n) is 5.44. The molecule has 1 fully saturated rings. The van der Waals surface area contributed by atoms with Crippen molar-refractivity contribution in [1.82, 2.24) is 19.0 Å². The predicted octanol–water partition coefficient (Wildman–Crippen LogP) is 0.809. The Bertz CT molecular complexity index is 744. The number of rotatable bonds is 3. The molecule has 0 aliphatic carbocycles. The SMILES string of the molecule is COc1ccc(-n2nc(C(=O)N3CCN(C)CC3)c(=N)s2)cc1. The first kappa shape index (κ1) is 15.7. The molecule has 23 heavy (non-hydrogen) atoms. The summed E-state index contributed by atoms with van der Waals surface area (Å²) in [7, 11) is 3.65. The van der Waals surface area contributed by atoms with Crippen LogP contribution in [0.25, 0.3) is 5.69 Å². The lowest BCUT2D eigenvalue weighted by Gasteiger charge is -2.31. The summed E-state index contributed by atoms with van der Waals surface area (Å²) in [6.45, 7) is 3.05. The van der Waals surface area contributed by atoms with E-state index in [1.54, 1.807) is 16.1 Å². The minimum atomic E-state index is -0.161. The molecule has 1 amide bonds. The summed E-state index contributed by atoms with van der Waals surface area (Å²) in [4.78, 5) is 16.5. The van der Waals surface area contributed by atoms with Gasteiger partial charge in [-0.05, 0) is 42.8 Å². The van der Waals surface area contributed by atoms with E-state index in [-0.39, 0.29) is 16.3 Å². The van der Waals surface area contributed by atoms with Gasteiger partial charge in [0.15, 0.2) is 10.4 Å². The maximum atomic E-state index is 12.6. The van der Waals surface area contributed by atoms with Crippen molar-refractivity contribution < 1.29 is 9.53 Å². The predicted molar refractivity (Wildman–Crippen MR) is 87.2 cm³/mol. The monoisotopic (exact) mass is 333 g/mol. The van der Waals surface area contributed by atoms with Crippen molar-refractivity contribution in [3.63, 3.8) is 0 Å². The highest BCUT2D eigenvalue weighted by molar-refractivity contribution is 7.04. The highest BCUT2D eigenvalue weighted by Gasteiger charge is 2.24. The summed E-state index contributed by atoms with van der Waals surface area (Å²) in [5.41, 5.74) is 1.03. The van der Waals surface area contributed by atoms with Crippen LogP contribution in [0.1, 0.15) is 10.5 Å². The zero-order valence-corrected chi connectivity index (χ0v) is 14.0. The average molecular weight is 333 g/mol. The van der Waals surface area contributed by atoms with Crippen LogP contribution in [0.3, 0.4) is 0 Å². The van der Waals surface area contributed by atoms with E-state index >= 15 is 0 Å². The van der Waals surface area contributed by atoms with Crippen LogP contribution in [-0.4, -0.2) is 65.2 Å². The Labute approximate surface area is 138 Å². The molecule has 3 rings (SSSR count). The maximum absolute atomic E-state index is 12.6. The fourth-order valence-corrected chi connectivity index (χ4v) is 3.14. The second kappa shape index (κ2) is 6.51. The van der Waals surface area contributed by atoms with Gasteiger partial charge in [-0.15, -0.1) is 5.10 Å². The summed E-state index contributed by atoms with van der Waals surface area (Å²) in [5.74, 6) is 0.595. The molecule has 1 aliphatic heterocycles. The average Bonchev–Trinajstić information content (AvgIpc) is 2.97. The molecule has 1 N–H and O–H groups in total. The van der Waals surface area contributed by atoms with Gasteiger partial charge in [0.25, 0.3) is 5.91 Å². The van der Waals surface area contributed by atoms with Gasteiger partial charge in [0.05, 0.1) is 12.8 Å². The summed E-state index contributed by atoms with van der Waals surface area (Å²) in [6, 6.07) is 7.36. The van der Waals surface area contributed by atoms with Gasteiger partial charge in [-0.25, -0.2) is 0 Å². The maximum Gasteiger partial charge on any atom is 0.277 e. The van der Waals surface area contributed by atoms with Gasteiger partial charge in [0, 0.05) is 26.2 Å². The van der Waals surface area contributed by atoms with Crippen LogP contribution in [0.5, 0.6) is 5.75 Å². The Morgan fingerprint density at radius 2 is 1.87 bits per heavy atom. The zero-order chi connectivity index (χ0) is 16.4. The first-order chi connectivity index (χ1) is 11.1. The van der Waals surface area contributed by atoms with Crippen LogP contribution in [-0.2, 0) is 0 Å². The van der Waals surface area contributed by atoms with E-state index in [9.17, 15) is 4.79 Å². The molecule has 0 radical (unpaired) electrons. The Kier molecular flexibility index (Phi) is 4.44. The molecular formula is C15H19N5O2S. The lowest BCUT2D eigenvalue weighted by atomic mass is 10.3. The van der Waals surface area contributed by atoms with Crippen LogP contribution in [0.4, 0.5) is 0 Å². The van der Waals surface area contributed by atoms with E-state index < -0.39 is 0 Å². The number of aromatic nitrogens is 2. The lowest BCUT2D eigenvalue weighted by molar-refractivity contribution is 0.0656. The molecule has 2 aromatic rings. The van der Waals surface area contributed by atoms with Gasteiger partial charge >= 0.3 is 0 Å². The topological polar surface area (TPSA) is 74.5 Å². The Balaban J connectivity index is 1.82. The first-order valence-corrected chi connectivity index (χ1v) is 8.13. The number of carbonyl (C=O) groups is 1. The van der Waals surface area contributed by atoms with Gasteiger partial charge in [-0.3, -0.25) is 10.2 Å². The highest BCUT2D eigenvalue weighted by Crippen LogP contribution is 2.15. The molecular weight excluding hydrogens is 314 g/mol. The minimum absolute atomic E-state index is 0.161. The summed E-state index contributed by atoms with van der Waals surface area (Å²) < 4.78 is 6.92. The first-order valence-electron chi connectivity index (χ1n) is 7.36. The third-order valence-electron chi connectivity index (χ3n) is 3.87. The van der Waals surface area contributed by atoms with E-state index in [2.05, 4.69) is 10.00 Å². The van der Waals surface area contributed by atoms with Crippen molar-refractivity contribution in [2.45, 2.75) is 0 Å². The molecule has 2 heterocycles. The van der Waals surface area contributed by atoms with E-state index in [0.717, 1.165) is 36.1 Å². The number of methoxy groups -OCH3 is 1. The van der Waals surface area contributed by atoms with E-state index in [1.165, 1.54) is 0 Å². The fraction of sp³-hybridized carbons (Fsp3) is 0.400. The molecule has 0 unspecified atom stereocenters. The standard InChI is InChI=1S/C15H19N5O2S/c1-18-7-9-19(10-8-18)15(21)13-14(16)23-20(17-13)11-3-5-12(22-2)6-4-11/h3-6,16H,7-10H2,1-2H3. The van der Waals surface area contributed by atoms with Crippen molar-refractivity contribution in [3.8, 4) is 11.4 Å². The number of nitrogens with one attached hydrogen (secondary N) is 1. The summed E-state index contributed by atoms with van der Waals surface area (Å²) >= 11 is 1.15. The molecule has 0 atom stereocenters. The number of ether oxygens (including phenoxy) is 1. The molecule has 7 nitrogen and oxygen atoms in total. The molecule has 122 valence electrons. The van der Waals surface area contributed by atoms with Crippen molar-refractivity contribution in [2.75, 3.05) is 40.3 Å². The van der Waals surface area contributed by atoms with Crippen LogP contribution < -0.4 is 9.41 Å². The normalized spacial score (nSPS) is 15.7. The third kappa shape index (κ3) is 3.27. The summed E-state index contributed by atoms with van der Waals surface area (Å²) in [6.07, 6.45) is 0. The van der Waals surface area contributed by atoms with Gasteiger partial charge in [0.2, 0.25) is 0 Å². The largest absolute Gasteiger partial charge is 0.497 e. The number of nitrogens with zero attached hydrogens (tertiary/aromatic N) is 4. The van der Waals surface area contributed by atoms with Crippen molar-refractivity contribution in [1.29, 1.82) is 5.41 Å². The second-order valence-corrected chi connectivity index (χ2v) is 6.37. The summed E-state index contributed by atoms with van der Waals surface area (Å²) in [5, 5.41) is 12.4. The molecule has 1 aromatic heterocycles. The lowest BCUT2D eigenvalue weighted by Crippen LogP contribution is -2.48. The Hall–Kier alpha value is -2.19.